The van der Waals surface area contributed by atoms with Gasteiger partial charge in [-0.15, -0.1) is 0 Å². The number of sulfonamides is 1. The van der Waals surface area contributed by atoms with Gasteiger partial charge in [-0.1, -0.05) is 20.8 Å². The second-order valence-corrected chi connectivity index (χ2v) is 7.80. The minimum Gasteiger partial charge on any atom is -0.492 e. The second kappa shape index (κ2) is 6.43. The van der Waals surface area contributed by atoms with Crippen LogP contribution in [-0.2, 0) is 15.4 Å². The second-order valence-electron chi connectivity index (χ2n) is 5.79. The van der Waals surface area contributed by atoms with Crippen molar-refractivity contribution < 1.29 is 23.1 Å². The maximum Gasteiger partial charge on any atom is 0.409 e. The number of ether oxygens (including phenoxy) is 1. The van der Waals surface area contributed by atoms with Crippen LogP contribution in [-0.4, -0.2) is 32.5 Å². The number of hydrogen-bond donors (Lipinski definition) is 3. The Labute approximate surface area is 130 Å². The van der Waals surface area contributed by atoms with Gasteiger partial charge in [-0.2, -0.15) is 0 Å². The topological polar surface area (TPSA) is 105 Å². The van der Waals surface area contributed by atoms with Crippen molar-refractivity contribution in [3.63, 3.8) is 0 Å². The van der Waals surface area contributed by atoms with Crippen molar-refractivity contribution in [1.82, 2.24) is 0 Å². The molecule has 124 valence electrons. The molecule has 0 fully saturated rings. The Balaban J connectivity index is 3.54. The summed E-state index contributed by atoms with van der Waals surface area (Å²) >= 11 is 0. The molecule has 22 heavy (non-hydrogen) atoms. The summed E-state index contributed by atoms with van der Waals surface area (Å²) in [5.41, 5.74) is 0.871. The summed E-state index contributed by atoms with van der Waals surface area (Å²) < 4.78 is 31.3. The molecular weight excluding hydrogens is 308 g/mol. The largest absolute Gasteiger partial charge is 0.492 e. The smallest absolute Gasteiger partial charge is 0.409 e. The SMILES string of the molecule is CCS(=O)(=O)Nc1cc(C(C)(C)C)cc(NC(=O)O)c1OC. The van der Waals surface area contributed by atoms with Gasteiger partial charge in [0.2, 0.25) is 10.0 Å². The van der Waals surface area contributed by atoms with E-state index in [1.807, 2.05) is 20.8 Å². The van der Waals surface area contributed by atoms with E-state index in [1.165, 1.54) is 14.0 Å². The number of carboxylic acid groups (broad SMARTS) is 1. The zero-order valence-electron chi connectivity index (χ0n) is 13.4. The van der Waals surface area contributed by atoms with Gasteiger partial charge in [-0.3, -0.25) is 10.0 Å². The molecule has 8 heteroatoms. The van der Waals surface area contributed by atoms with Crippen LogP contribution in [0.5, 0.6) is 5.75 Å². The van der Waals surface area contributed by atoms with E-state index in [4.69, 9.17) is 9.84 Å². The highest BCUT2D eigenvalue weighted by atomic mass is 32.2. The molecule has 1 rings (SSSR count). The number of carbonyl (C=O) groups is 1. The Kier molecular flexibility index (Phi) is 5.29. The fraction of sp³-hybridized carbons (Fsp3) is 0.500. The Morgan fingerprint density at radius 3 is 2.23 bits per heavy atom. The molecule has 1 aromatic carbocycles. The monoisotopic (exact) mass is 330 g/mol. The van der Waals surface area contributed by atoms with Gasteiger partial charge >= 0.3 is 6.09 Å². The van der Waals surface area contributed by atoms with Crippen LogP contribution in [0.3, 0.4) is 0 Å². The van der Waals surface area contributed by atoms with Gasteiger partial charge in [0.1, 0.15) is 0 Å². The van der Waals surface area contributed by atoms with Crippen molar-refractivity contribution >= 4 is 27.5 Å². The summed E-state index contributed by atoms with van der Waals surface area (Å²) in [7, 11) is -2.17. The van der Waals surface area contributed by atoms with Crippen LogP contribution < -0.4 is 14.8 Å². The van der Waals surface area contributed by atoms with E-state index in [0.717, 1.165) is 5.56 Å². The molecular formula is C14H22N2O5S. The van der Waals surface area contributed by atoms with E-state index in [1.54, 1.807) is 12.1 Å². The van der Waals surface area contributed by atoms with E-state index in [-0.39, 0.29) is 28.3 Å². The molecule has 0 saturated carbocycles. The van der Waals surface area contributed by atoms with Gasteiger partial charge in [0, 0.05) is 0 Å². The van der Waals surface area contributed by atoms with Crippen LogP contribution in [0.1, 0.15) is 33.3 Å². The molecule has 1 amide bonds. The average molecular weight is 330 g/mol. The summed E-state index contributed by atoms with van der Waals surface area (Å²) in [6.07, 6.45) is -1.26. The van der Waals surface area contributed by atoms with Crippen LogP contribution in [0.25, 0.3) is 0 Å². The molecule has 0 aliphatic heterocycles. The summed E-state index contributed by atoms with van der Waals surface area (Å²) in [5, 5.41) is 11.2. The molecule has 0 atom stereocenters. The summed E-state index contributed by atoms with van der Waals surface area (Å²) in [6.45, 7) is 7.34. The molecule has 0 aliphatic rings. The van der Waals surface area contributed by atoms with Gasteiger partial charge in [-0.25, -0.2) is 13.2 Å². The summed E-state index contributed by atoms with van der Waals surface area (Å²) in [5.74, 6) is 0.0323. The molecule has 0 aliphatic carbocycles. The third kappa shape index (κ3) is 4.52. The molecule has 3 N–H and O–H groups in total. The molecule has 0 spiro atoms. The van der Waals surface area contributed by atoms with E-state index in [9.17, 15) is 13.2 Å². The molecule has 1 aromatic rings. The van der Waals surface area contributed by atoms with E-state index < -0.39 is 16.1 Å². The number of benzene rings is 1. The van der Waals surface area contributed by atoms with Crippen LogP contribution in [0.4, 0.5) is 16.2 Å². The lowest BCUT2D eigenvalue weighted by Crippen LogP contribution is -2.19. The molecule has 0 saturated heterocycles. The van der Waals surface area contributed by atoms with E-state index >= 15 is 0 Å². The highest BCUT2D eigenvalue weighted by Gasteiger charge is 2.22. The molecule has 0 radical (unpaired) electrons. The maximum atomic E-state index is 11.8. The number of rotatable bonds is 5. The Morgan fingerprint density at radius 1 is 1.27 bits per heavy atom. The van der Waals surface area contributed by atoms with Gasteiger partial charge in [0.05, 0.1) is 24.2 Å². The number of anilines is 2. The van der Waals surface area contributed by atoms with Crippen molar-refractivity contribution in [1.29, 1.82) is 0 Å². The molecule has 0 bridgehead atoms. The average Bonchev–Trinajstić information content (AvgIpc) is 2.36. The van der Waals surface area contributed by atoms with Gasteiger partial charge in [0.15, 0.2) is 5.75 Å². The van der Waals surface area contributed by atoms with Crippen LogP contribution in [0.2, 0.25) is 0 Å². The van der Waals surface area contributed by atoms with E-state index in [2.05, 4.69) is 10.0 Å². The quantitative estimate of drug-likeness (QED) is 0.770. The highest BCUT2D eigenvalue weighted by Crippen LogP contribution is 2.39. The van der Waals surface area contributed by atoms with Crippen LogP contribution in [0, 0.1) is 0 Å². The van der Waals surface area contributed by atoms with Crippen molar-refractivity contribution in [3.05, 3.63) is 17.7 Å². The number of hydrogen-bond acceptors (Lipinski definition) is 4. The predicted molar refractivity (Wildman–Crippen MR) is 86.4 cm³/mol. The number of methoxy groups -OCH3 is 1. The summed E-state index contributed by atoms with van der Waals surface area (Å²) in [6, 6.07) is 3.29. The van der Waals surface area contributed by atoms with Gasteiger partial charge in [0.25, 0.3) is 0 Å². The Morgan fingerprint density at radius 2 is 1.82 bits per heavy atom. The molecule has 0 heterocycles. The lowest BCUT2D eigenvalue weighted by Gasteiger charge is -2.23. The zero-order chi connectivity index (χ0) is 17.1. The lowest BCUT2D eigenvalue weighted by atomic mass is 9.86. The third-order valence-corrected chi connectivity index (χ3v) is 4.34. The first-order valence-electron chi connectivity index (χ1n) is 6.73. The standard InChI is InChI=1S/C14H22N2O5S/c1-6-22(19,20)16-11-8-9(14(2,3)4)7-10(12(11)21-5)15-13(17)18/h7-8,15-16H,6H2,1-5H3,(H,17,18). The normalized spacial score (nSPS) is 11.9. The first-order valence-corrected chi connectivity index (χ1v) is 8.38. The third-order valence-electron chi connectivity index (χ3n) is 3.05. The van der Waals surface area contributed by atoms with Crippen LogP contribution >= 0.6 is 0 Å². The molecule has 7 nitrogen and oxygen atoms in total. The van der Waals surface area contributed by atoms with Gasteiger partial charge < -0.3 is 9.84 Å². The number of nitrogens with one attached hydrogen (secondary N) is 2. The zero-order valence-corrected chi connectivity index (χ0v) is 14.2. The first kappa shape index (κ1) is 18.1. The fourth-order valence-electron chi connectivity index (χ4n) is 1.81. The Bertz CT molecular complexity index is 663. The van der Waals surface area contributed by atoms with Crippen molar-refractivity contribution in [2.75, 3.05) is 22.9 Å². The molecule has 0 aromatic heterocycles. The first-order chi connectivity index (χ1) is 10.00. The Hall–Kier alpha value is -1.96. The minimum atomic E-state index is -3.52. The lowest BCUT2D eigenvalue weighted by molar-refractivity contribution is 0.209. The van der Waals surface area contributed by atoms with Crippen molar-refractivity contribution in [2.45, 2.75) is 33.1 Å². The van der Waals surface area contributed by atoms with E-state index in [0.29, 0.717) is 0 Å². The fourth-order valence-corrected chi connectivity index (χ4v) is 2.44. The summed E-state index contributed by atoms with van der Waals surface area (Å²) in [4.78, 5) is 10.9. The van der Waals surface area contributed by atoms with Gasteiger partial charge in [-0.05, 0) is 30.0 Å². The predicted octanol–water partition coefficient (Wildman–Crippen LogP) is 2.84. The molecule has 0 unspecified atom stereocenters. The van der Waals surface area contributed by atoms with Crippen LogP contribution in [0.15, 0.2) is 12.1 Å². The minimum absolute atomic E-state index is 0.0996. The van der Waals surface area contributed by atoms with Crippen molar-refractivity contribution in [3.8, 4) is 5.75 Å². The van der Waals surface area contributed by atoms with Crippen molar-refractivity contribution in [2.24, 2.45) is 0 Å². The number of amides is 1. The maximum absolute atomic E-state index is 11.8. The highest BCUT2D eigenvalue weighted by molar-refractivity contribution is 7.92.